The van der Waals surface area contributed by atoms with Crippen molar-refractivity contribution in [2.45, 2.75) is 52.9 Å². The molecule has 2 aromatic rings. The number of hydrogen-bond donors (Lipinski definition) is 0. The Labute approximate surface area is 151 Å². The van der Waals surface area contributed by atoms with E-state index in [0.717, 1.165) is 11.1 Å². The summed E-state index contributed by atoms with van der Waals surface area (Å²) in [6.07, 6.45) is 3.01. The van der Waals surface area contributed by atoms with Crippen LogP contribution in [0, 0.1) is 12.7 Å². The van der Waals surface area contributed by atoms with Gasteiger partial charge in [0.15, 0.2) is 12.2 Å². The normalized spacial score (nSPS) is 14.1. The Hall–Kier alpha value is -2.57. The Morgan fingerprint density at radius 3 is 2.81 bits per heavy atom. The molecule has 0 atom stereocenters. The van der Waals surface area contributed by atoms with Gasteiger partial charge in [-0.1, -0.05) is 0 Å². The molecule has 26 heavy (non-hydrogen) atoms. The number of amides is 1. The molecule has 0 N–H and O–H groups in total. The highest BCUT2D eigenvalue weighted by Gasteiger charge is 2.29. The summed E-state index contributed by atoms with van der Waals surface area (Å²) < 4.78 is 30.9. The topological polar surface area (TPSA) is 64.8 Å². The lowest BCUT2D eigenvalue weighted by molar-refractivity contribution is 0.0221. The number of fused-ring (bicyclic) bond motifs is 1. The summed E-state index contributed by atoms with van der Waals surface area (Å²) in [6.45, 7) is 8.19. The Kier molecular flexibility index (Phi) is 4.89. The van der Waals surface area contributed by atoms with E-state index in [1.807, 2.05) is 27.7 Å². The van der Waals surface area contributed by atoms with Crippen LogP contribution >= 0.6 is 0 Å². The molecule has 0 bridgehead atoms. The quantitative estimate of drug-likeness (QED) is 0.826. The van der Waals surface area contributed by atoms with Crippen molar-refractivity contribution >= 4 is 6.09 Å². The second-order valence-corrected chi connectivity index (χ2v) is 7.35. The fraction of sp³-hybridized carbons (Fsp3) is 0.474. The molecule has 1 aliphatic heterocycles. The van der Waals surface area contributed by atoms with Crippen LogP contribution in [0.1, 0.15) is 43.2 Å². The maximum Gasteiger partial charge on any atom is 0.410 e. The minimum Gasteiger partial charge on any atom is -0.485 e. The molecule has 0 unspecified atom stereocenters. The molecule has 2 heterocycles. The minimum absolute atomic E-state index is 0.184. The van der Waals surface area contributed by atoms with Crippen LogP contribution in [0.2, 0.25) is 0 Å². The average Bonchev–Trinajstić information content (AvgIpc) is 3.08. The van der Waals surface area contributed by atoms with Crippen LogP contribution in [0.3, 0.4) is 0 Å². The summed E-state index contributed by atoms with van der Waals surface area (Å²) in [4.78, 5) is 17.6. The average molecular weight is 362 g/mol. The van der Waals surface area contributed by atoms with Gasteiger partial charge in [-0.25, -0.2) is 14.2 Å². The first-order chi connectivity index (χ1) is 12.2. The van der Waals surface area contributed by atoms with Crippen molar-refractivity contribution in [3.05, 3.63) is 46.9 Å². The summed E-state index contributed by atoms with van der Waals surface area (Å²) in [5, 5.41) is 0. The molecule has 0 fully saturated rings. The van der Waals surface area contributed by atoms with Gasteiger partial charge < -0.3 is 18.8 Å². The molecule has 1 aromatic heterocycles. The molecule has 0 saturated heterocycles. The van der Waals surface area contributed by atoms with Crippen molar-refractivity contribution in [1.82, 2.24) is 9.88 Å². The van der Waals surface area contributed by atoms with Crippen molar-refractivity contribution in [3.63, 3.8) is 0 Å². The van der Waals surface area contributed by atoms with Gasteiger partial charge in [0.25, 0.3) is 0 Å². The first kappa shape index (κ1) is 18.2. The highest BCUT2D eigenvalue weighted by atomic mass is 19.1. The van der Waals surface area contributed by atoms with Crippen LogP contribution < -0.4 is 4.74 Å². The second kappa shape index (κ2) is 6.97. The van der Waals surface area contributed by atoms with Crippen LogP contribution in [0.25, 0.3) is 0 Å². The molecule has 1 amide bonds. The molecular weight excluding hydrogens is 339 g/mol. The number of benzene rings is 1. The summed E-state index contributed by atoms with van der Waals surface area (Å²) in [5.41, 5.74) is 1.71. The van der Waals surface area contributed by atoms with Crippen molar-refractivity contribution in [1.29, 1.82) is 0 Å². The summed E-state index contributed by atoms with van der Waals surface area (Å²) >= 11 is 0. The Morgan fingerprint density at radius 1 is 1.38 bits per heavy atom. The predicted octanol–water partition coefficient (Wildman–Crippen LogP) is 3.99. The first-order valence-corrected chi connectivity index (χ1v) is 8.53. The Balaban J connectivity index is 1.77. The number of oxazole rings is 1. The third-order valence-electron chi connectivity index (χ3n) is 4.22. The molecule has 7 heteroatoms. The van der Waals surface area contributed by atoms with Crippen molar-refractivity contribution in [3.8, 4) is 5.75 Å². The zero-order chi connectivity index (χ0) is 18.9. The van der Waals surface area contributed by atoms with Crippen LogP contribution in [-0.2, 0) is 24.3 Å². The van der Waals surface area contributed by atoms with Gasteiger partial charge in [0.2, 0.25) is 0 Å². The van der Waals surface area contributed by atoms with E-state index in [1.165, 1.54) is 17.4 Å². The van der Waals surface area contributed by atoms with Crippen molar-refractivity contribution in [2.75, 3.05) is 6.54 Å². The highest BCUT2D eigenvalue weighted by molar-refractivity contribution is 5.69. The molecule has 0 spiro atoms. The van der Waals surface area contributed by atoms with Crippen LogP contribution in [-0.4, -0.2) is 28.1 Å². The van der Waals surface area contributed by atoms with E-state index in [1.54, 1.807) is 6.20 Å². The Bertz CT molecular complexity index is 797. The van der Waals surface area contributed by atoms with Gasteiger partial charge in [0.1, 0.15) is 23.8 Å². The monoisotopic (exact) mass is 362 g/mol. The summed E-state index contributed by atoms with van der Waals surface area (Å²) in [6, 6.07) is 1.36. The number of nitrogens with zero attached hydrogens (tertiary/aromatic N) is 2. The standard InChI is InChI=1S/C19H23FN2O4/c1-12-14-5-6-22(18(23)26-19(2,3)4)9-15(14)16(20)7-17(12)24-10-13-8-21-11-25-13/h7-8,11H,5-6,9-10H2,1-4H3. The van der Waals surface area contributed by atoms with Crippen LogP contribution in [0.5, 0.6) is 5.75 Å². The zero-order valence-electron chi connectivity index (χ0n) is 15.5. The lowest BCUT2D eigenvalue weighted by atomic mass is 9.94. The van der Waals surface area contributed by atoms with E-state index in [0.29, 0.717) is 30.0 Å². The van der Waals surface area contributed by atoms with Gasteiger partial charge in [-0.3, -0.25) is 0 Å². The maximum atomic E-state index is 14.7. The minimum atomic E-state index is -0.579. The molecule has 140 valence electrons. The zero-order valence-corrected chi connectivity index (χ0v) is 15.5. The molecule has 0 radical (unpaired) electrons. The third kappa shape index (κ3) is 3.98. The number of carbonyl (C=O) groups excluding carboxylic acids is 1. The summed E-state index contributed by atoms with van der Waals surface area (Å²) in [5.74, 6) is 0.661. The molecule has 1 aromatic carbocycles. The molecule has 6 nitrogen and oxygen atoms in total. The predicted molar refractivity (Wildman–Crippen MR) is 92.3 cm³/mol. The lowest BCUT2D eigenvalue weighted by Crippen LogP contribution is -2.40. The van der Waals surface area contributed by atoms with Gasteiger partial charge >= 0.3 is 6.09 Å². The smallest absolute Gasteiger partial charge is 0.410 e. The number of ether oxygens (including phenoxy) is 2. The molecule has 0 aliphatic carbocycles. The van der Waals surface area contributed by atoms with Crippen molar-refractivity contribution in [2.24, 2.45) is 0 Å². The van der Waals surface area contributed by atoms with Gasteiger partial charge in [-0.05, 0) is 45.2 Å². The fourth-order valence-corrected chi connectivity index (χ4v) is 2.95. The van der Waals surface area contributed by atoms with Gasteiger partial charge in [-0.2, -0.15) is 0 Å². The number of hydrogen-bond acceptors (Lipinski definition) is 5. The Morgan fingerprint density at radius 2 is 2.15 bits per heavy atom. The third-order valence-corrected chi connectivity index (χ3v) is 4.22. The van der Waals surface area contributed by atoms with E-state index in [9.17, 15) is 9.18 Å². The van der Waals surface area contributed by atoms with E-state index in [2.05, 4.69) is 4.98 Å². The van der Waals surface area contributed by atoms with Gasteiger partial charge in [-0.15, -0.1) is 0 Å². The highest BCUT2D eigenvalue weighted by Crippen LogP contribution is 2.32. The molecule has 3 rings (SSSR count). The number of aromatic nitrogens is 1. The number of carbonyl (C=O) groups is 1. The first-order valence-electron chi connectivity index (χ1n) is 8.53. The fourth-order valence-electron chi connectivity index (χ4n) is 2.95. The van der Waals surface area contributed by atoms with E-state index >= 15 is 0 Å². The van der Waals surface area contributed by atoms with Crippen molar-refractivity contribution < 1.29 is 23.1 Å². The molecule has 1 aliphatic rings. The van der Waals surface area contributed by atoms with E-state index in [4.69, 9.17) is 13.9 Å². The maximum absolute atomic E-state index is 14.7. The second-order valence-electron chi connectivity index (χ2n) is 7.35. The number of halogens is 1. The van der Waals surface area contributed by atoms with Gasteiger partial charge in [0.05, 0.1) is 12.7 Å². The van der Waals surface area contributed by atoms with Crippen LogP contribution in [0.15, 0.2) is 23.1 Å². The van der Waals surface area contributed by atoms with E-state index < -0.39 is 11.7 Å². The van der Waals surface area contributed by atoms with Gasteiger partial charge in [0, 0.05) is 18.2 Å². The van der Waals surface area contributed by atoms with Crippen LogP contribution in [0.4, 0.5) is 9.18 Å². The SMILES string of the molecule is Cc1c(OCc2cnco2)cc(F)c2c1CCN(C(=O)OC(C)(C)C)C2. The lowest BCUT2D eigenvalue weighted by Gasteiger charge is -2.32. The number of rotatable bonds is 3. The summed E-state index contributed by atoms with van der Waals surface area (Å²) in [7, 11) is 0. The largest absolute Gasteiger partial charge is 0.485 e. The van der Waals surface area contributed by atoms with E-state index in [-0.39, 0.29) is 19.0 Å². The molecular formula is C19H23FN2O4. The molecule has 0 saturated carbocycles.